The van der Waals surface area contributed by atoms with Gasteiger partial charge in [-0.15, -0.1) is 0 Å². The summed E-state index contributed by atoms with van der Waals surface area (Å²) in [6, 6.07) is 7.62. The minimum Gasteiger partial charge on any atom is -0.444 e. The Balaban J connectivity index is 1.81. The van der Waals surface area contributed by atoms with E-state index >= 15 is 0 Å². The number of hydrogen-bond donors (Lipinski definition) is 0. The maximum absolute atomic E-state index is 12.0. The lowest BCUT2D eigenvalue weighted by Gasteiger charge is -2.35. The Morgan fingerprint density at radius 2 is 1.73 bits per heavy atom. The van der Waals surface area contributed by atoms with Crippen molar-refractivity contribution >= 4 is 12.4 Å². The van der Waals surface area contributed by atoms with Crippen molar-refractivity contribution in [3.63, 3.8) is 0 Å². The van der Waals surface area contributed by atoms with Crippen LogP contribution in [0.25, 0.3) is 0 Å². The SMILES string of the molecule is CC(C)(C)OC(=O)N1CCN(Cc2ccc(C=O)cc2)CC1. The van der Waals surface area contributed by atoms with Crippen LogP contribution in [0, 0.1) is 0 Å². The predicted octanol–water partition coefficient (Wildman–Crippen LogP) is 2.55. The summed E-state index contributed by atoms with van der Waals surface area (Å²) in [6.45, 7) is 9.49. The van der Waals surface area contributed by atoms with E-state index in [0.29, 0.717) is 18.7 Å². The van der Waals surface area contributed by atoms with Gasteiger partial charge >= 0.3 is 6.09 Å². The number of aldehydes is 1. The molecular formula is C17H24N2O3. The summed E-state index contributed by atoms with van der Waals surface area (Å²) in [6.07, 6.45) is 0.617. The Kier molecular flexibility index (Phi) is 5.19. The minimum absolute atomic E-state index is 0.234. The largest absolute Gasteiger partial charge is 0.444 e. The second-order valence-corrected chi connectivity index (χ2v) is 6.60. The van der Waals surface area contributed by atoms with E-state index in [1.807, 2.05) is 45.0 Å². The van der Waals surface area contributed by atoms with Gasteiger partial charge in [0.2, 0.25) is 0 Å². The highest BCUT2D eigenvalue weighted by Gasteiger charge is 2.25. The first kappa shape index (κ1) is 16.5. The van der Waals surface area contributed by atoms with Crippen molar-refractivity contribution in [3.05, 3.63) is 35.4 Å². The summed E-state index contributed by atoms with van der Waals surface area (Å²) in [5.41, 5.74) is 1.42. The van der Waals surface area contributed by atoms with Gasteiger partial charge in [-0.1, -0.05) is 24.3 Å². The predicted molar refractivity (Wildman–Crippen MR) is 84.9 cm³/mol. The molecule has 1 aliphatic rings. The molecule has 22 heavy (non-hydrogen) atoms. The summed E-state index contributed by atoms with van der Waals surface area (Å²) >= 11 is 0. The number of hydrogen-bond acceptors (Lipinski definition) is 4. The maximum Gasteiger partial charge on any atom is 0.410 e. The Morgan fingerprint density at radius 1 is 1.14 bits per heavy atom. The molecule has 0 N–H and O–H groups in total. The number of nitrogens with zero attached hydrogens (tertiary/aromatic N) is 2. The maximum atomic E-state index is 12.0. The molecule has 1 saturated heterocycles. The lowest BCUT2D eigenvalue weighted by molar-refractivity contribution is 0.0139. The van der Waals surface area contributed by atoms with Crippen LogP contribution in [0.2, 0.25) is 0 Å². The van der Waals surface area contributed by atoms with Crippen LogP contribution in [-0.2, 0) is 11.3 Å². The van der Waals surface area contributed by atoms with Gasteiger partial charge in [-0.2, -0.15) is 0 Å². The average Bonchev–Trinajstić information content (AvgIpc) is 2.47. The van der Waals surface area contributed by atoms with E-state index in [1.54, 1.807) is 4.90 Å². The van der Waals surface area contributed by atoms with Gasteiger partial charge in [0.05, 0.1) is 0 Å². The first-order valence-corrected chi connectivity index (χ1v) is 7.62. The lowest BCUT2D eigenvalue weighted by atomic mass is 10.1. The molecule has 1 aromatic rings. The molecule has 1 fully saturated rings. The monoisotopic (exact) mass is 304 g/mol. The van der Waals surface area contributed by atoms with Crippen molar-refractivity contribution in [2.24, 2.45) is 0 Å². The minimum atomic E-state index is -0.450. The summed E-state index contributed by atoms with van der Waals surface area (Å²) in [4.78, 5) is 26.7. The van der Waals surface area contributed by atoms with Crippen molar-refractivity contribution in [1.29, 1.82) is 0 Å². The van der Waals surface area contributed by atoms with Crippen LogP contribution in [0.5, 0.6) is 0 Å². The number of piperazine rings is 1. The van der Waals surface area contributed by atoms with Crippen LogP contribution in [-0.4, -0.2) is 54.0 Å². The van der Waals surface area contributed by atoms with Crippen molar-refractivity contribution < 1.29 is 14.3 Å². The third kappa shape index (κ3) is 4.84. The van der Waals surface area contributed by atoms with E-state index in [0.717, 1.165) is 25.9 Å². The van der Waals surface area contributed by atoms with E-state index in [2.05, 4.69) is 4.90 Å². The van der Waals surface area contributed by atoms with Gasteiger partial charge in [-0.25, -0.2) is 4.79 Å². The van der Waals surface area contributed by atoms with E-state index in [4.69, 9.17) is 4.74 Å². The van der Waals surface area contributed by atoms with E-state index in [1.165, 1.54) is 5.56 Å². The smallest absolute Gasteiger partial charge is 0.410 e. The zero-order valence-electron chi connectivity index (χ0n) is 13.5. The molecular weight excluding hydrogens is 280 g/mol. The van der Waals surface area contributed by atoms with Crippen LogP contribution < -0.4 is 0 Å². The lowest BCUT2D eigenvalue weighted by Crippen LogP contribution is -2.49. The third-order valence-electron chi connectivity index (χ3n) is 3.55. The molecule has 0 aliphatic carbocycles. The zero-order valence-corrected chi connectivity index (χ0v) is 13.5. The fourth-order valence-corrected chi connectivity index (χ4v) is 2.37. The zero-order chi connectivity index (χ0) is 16.2. The number of carbonyl (C=O) groups is 2. The number of ether oxygens (including phenoxy) is 1. The Hall–Kier alpha value is -1.88. The van der Waals surface area contributed by atoms with Crippen LogP contribution in [0.4, 0.5) is 4.79 Å². The Morgan fingerprint density at radius 3 is 2.23 bits per heavy atom. The molecule has 0 bridgehead atoms. The molecule has 1 aromatic carbocycles. The molecule has 2 rings (SSSR count). The van der Waals surface area contributed by atoms with Crippen molar-refractivity contribution in [2.75, 3.05) is 26.2 Å². The molecule has 5 nitrogen and oxygen atoms in total. The number of benzene rings is 1. The quantitative estimate of drug-likeness (QED) is 0.805. The average molecular weight is 304 g/mol. The highest BCUT2D eigenvalue weighted by Crippen LogP contribution is 2.13. The molecule has 0 radical (unpaired) electrons. The Bertz CT molecular complexity index is 512. The summed E-state index contributed by atoms with van der Waals surface area (Å²) in [5.74, 6) is 0. The molecule has 0 spiro atoms. The van der Waals surface area contributed by atoms with Gasteiger partial charge in [0.1, 0.15) is 11.9 Å². The number of amides is 1. The van der Waals surface area contributed by atoms with Crippen LogP contribution in [0.1, 0.15) is 36.7 Å². The van der Waals surface area contributed by atoms with E-state index in [-0.39, 0.29) is 6.09 Å². The summed E-state index contributed by atoms with van der Waals surface area (Å²) < 4.78 is 5.39. The topological polar surface area (TPSA) is 49.9 Å². The molecule has 1 heterocycles. The fraction of sp³-hybridized carbons (Fsp3) is 0.529. The number of carbonyl (C=O) groups excluding carboxylic acids is 2. The first-order chi connectivity index (χ1) is 10.4. The normalized spacial score (nSPS) is 16.4. The van der Waals surface area contributed by atoms with E-state index in [9.17, 15) is 9.59 Å². The van der Waals surface area contributed by atoms with Crippen molar-refractivity contribution in [2.45, 2.75) is 32.9 Å². The molecule has 0 aromatic heterocycles. The Labute approximate surface area is 131 Å². The van der Waals surface area contributed by atoms with Gasteiger partial charge in [-0.05, 0) is 26.3 Å². The van der Waals surface area contributed by atoms with Crippen molar-refractivity contribution in [3.8, 4) is 0 Å². The second kappa shape index (κ2) is 6.92. The molecule has 1 amide bonds. The highest BCUT2D eigenvalue weighted by atomic mass is 16.6. The van der Waals surface area contributed by atoms with E-state index < -0.39 is 5.60 Å². The fourth-order valence-electron chi connectivity index (χ4n) is 2.37. The van der Waals surface area contributed by atoms with Crippen LogP contribution in [0.15, 0.2) is 24.3 Å². The second-order valence-electron chi connectivity index (χ2n) is 6.60. The van der Waals surface area contributed by atoms with Crippen molar-refractivity contribution in [1.82, 2.24) is 9.80 Å². The summed E-state index contributed by atoms with van der Waals surface area (Å²) in [5, 5.41) is 0. The third-order valence-corrected chi connectivity index (χ3v) is 3.55. The molecule has 0 atom stereocenters. The van der Waals surface area contributed by atoms with Crippen LogP contribution in [0.3, 0.4) is 0 Å². The highest BCUT2D eigenvalue weighted by molar-refractivity contribution is 5.74. The van der Waals surface area contributed by atoms with Gasteiger partial charge in [0.25, 0.3) is 0 Å². The van der Waals surface area contributed by atoms with Gasteiger partial charge in [0.15, 0.2) is 0 Å². The molecule has 0 saturated carbocycles. The van der Waals surface area contributed by atoms with Gasteiger partial charge < -0.3 is 9.64 Å². The standard InChI is InChI=1S/C17H24N2O3/c1-17(2,3)22-16(21)19-10-8-18(9-11-19)12-14-4-6-15(13-20)7-5-14/h4-7,13H,8-12H2,1-3H3. The molecule has 1 aliphatic heterocycles. The first-order valence-electron chi connectivity index (χ1n) is 7.62. The molecule has 120 valence electrons. The van der Waals surface area contributed by atoms with Gasteiger partial charge in [0, 0.05) is 38.3 Å². The number of rotatable bonds is 3. The molecule has 5 heteroatoms. The molecule has 0 unspecified atom stereocenters. The van der Waals surface area contributed by atoms with Crippen LogP contribution >= 0.6 is 0 Å². The summed E-state index contributed by atoms with van der Waals surface area (Å²) in [7, 11) is 0. The van der Waals surface area contributed by atoms with Gasteiger partial charge in [-0.3, -0.25) is 9.69 Å².